The summed E-state index contributed by atoms with van der Waals surface area (Å²) >= 11 is 0. The summed E-state index contributed by atoms with van der Waals surface area (Å²) in [6.07, 6.45) is 3.13. The first-order chi connectivity index (χ1) is 12.1. The number of piperidine rings is 1. The lowest BCUT2D eigenvalue weighted by atomic mass is 9.97. The Morgan fingerprint density at radius 3 is 2.84 bits per heavy atom. The second kappa shape index (κ2) is 7.68. The molecule has 1 aromatic carbocycles. The van der Waals surface area contributed by atoms with Crippen LogP contribution in [0.4, 0.5) is 5.95 Å². The lowest BCUT2D eigenvalue weighted by Crippen LogP contribution is -2.43. The second-order valence-electron chi connectivity index (χ2n) is 6.60. The number of imidazole rings is 1. The van der Waals surface area contributed by atoms with Gasteiger partial charge in [0.2, 0.25) is 17.8 Å². The third-order valence-electron chi connectivity index (χ3n) is 4.78. The molecule has 1 atom stereocenters. The minimum atomic E-state index is -0.167. The van der Waals surface area contributed by atoms with Gasteiger partial charge in [0.1, 0.15) is 0 Å². The third-order valence-corrected chi connectivity index (χ3v) is 4.78. The van der Waals surface area contributed by atoms with Crippen LogP contribution >= 0.6 is 0 Å². The van der Waals surface area contributed by atoms with Crippen molar-refractivity contribution >= 4 is 28.8 Å². The first kappa shape index (κ1) is 17.5. The molecule has 6 heteroatoms. The minimum Gasteiger partial charge on any atom is -0.342 e. The maximum atomic E-state index is 12.8. The molecule has 0 saturated carbocycles. The molecule has 25 heavy (non-hydrogen) atoms. The highest BCUT2D eigenvalue weighted by molar-refractivity contribution is 5.93. The van der Waals surface area contributed by atoms with E-state index in [2.05, 4.69) is 21.8 Å². The number of aryl methyl sites for hydroxylation is 1. The molecule has 0 bridgehead atoms. The van der Waals surface area contributed by atoms with Gasteiger partial charge in [-0.1, -0.05) is 26.0 Å². The zero-order valence-electron chi connectivity index (χ0n) is 15.0. The maximum absolute atomic E-state index is 12.8. The standard InChI is InChI=1S/C19H26N4O2/c1-3-11-23-16-10-6-5-9-15(16)20-19(23)21-18(25)14-8-7-12-22(13-14)17(24)4-2/h5-6,9-10,14H,3-4,7-8,11-13H2,1-2H3,(H,20,21,25)/t14-/m1/s1. The van der Waals surface area contributed by atoms with Gasteiger partial charge in [-0.3, -0.25) is 14.9 Å². The summed E-state index contributed by atoms with van der Waals surface area (Å²) in [4.78, 5) is 31.1. The van der Waals surface area contributed by atoms with Gasteiger partial charge < -0.3 is 9.47 Å². The normalized spacial score (nSPS) is 17.7. The van der Waals surface area contributed by atoms with Gasteiger partial charge >= 0.3 is 0 Å². The van der Waals surface area contributed by atoms with Crippen LogP contribution in [0.25, 0.3) is 11.0 Å². The van der Waals surface area contributed by atoms with Gasteiger partial charge in [0.25, 0.3) is 0 Å². The SMILES string of the molecule is CCCn1c(NC(=O)[C@@H]2CCCN(C(=O)CC)C2)nc2ccccc21. The topological polar surface area (TPSA) is 67.2 Å². The molecule has 1 N–H and O–H groups in total. The predicted octanol–water partition coefficient (Wildman–Crippen LogP) is 3.03. The molecule has 2 heterocycles. The van der Waals surface area contributed by atoms with E-state index in [0.717, 1.165) is 43.4 Å². The molecule has 0 spiro atoms. The molecule has 0 aliphatic carbocycles. The summed E-state index contributed by atoms with van der Waals surface area (Å²) in [5.41, 5.74) is 1.92. The number of nitrogens with one attached hydrogen (secondary N) is 1. The monoisotopic (exact) mass is 342 g/mol. The Morgan fingerprint density at radius 1 is 1.28 bits per heavy atom. The van der Waals surface area contributed by atoms with Crippen LogP contribution in [0.2, 0.25) is 0 Å². The van der Waals surface area contributed by atoms with Crippen molar-refractivity contribution < 1.29 is 9.59 Å². The Kier molecular flexibility index (Phi) is 5.36. The quantitative estimate of drug-likeness (QED) is 0.908. The van der Waals surface area contributed by atoms with Gasteiger partial charge in [0, 0.05) is 26.1 Å². The molecular formula is C19H26N4O2. The Morgan fingerprint density at radius 2 is 2.08 bits per heavy atom. The fourth-order valence-electron chi connectivity index (χ4n) is 3.47. The largest absolute Gasteiger partial charge is 0.342 e. The highest BCUT2D eigenvalue weighted by atomic mass is 16.2. The van der Waals surface area contributed by atoms with Gasteiger partial charge in [0.15, 0.2) is 0 Å². The average Bonchev–Trinajstić information content (AvgIpc) is 2.99. The van der Waals surface area contributed by atoms with Crippen LogP contribution in [0, 0.1) is 5.92 Å². The smallest absolute Gasteiger partial charge is 0.231 e. The van der Waals surface area contributed by atoms with E-state index >= 15 is 0 Å². The van der Waals surface area contributed by atoms with Gasteiger partial charge in [-0.25, -0.2) is 4.98 Å². The summed E-state index contributed by atoms with van der Waals surface area (Å²) < 4.78 is 2.06. The summed E-state index contributed by atoms with van der Waals surface area (Å²) in [7, 11) is 0. The first-order valence-corrected chi connectivity index (χ1v) is 9.18. The minimum absolute atomic E-state index is 0.0405. The molecule has 2 aromatic rings. The number of benzene rings is 1. The molecular weight excluding hydrogens is 316 g/mol. The molecule has 2 amide bonds. The van der Waals surface area contributed by atoms with Crippen molar-refractivity contribution in [1.82, 2.24) is 14.5 Å². The first-order valence-electron chi connectivity index (χ1n) is 9.18. The number of amides is 2. The Balaban J connectivity index is 1.77. The highest BCUT2D eigenvalue weighted by Crippen LogP contribution is 2.23. The van der Waals surface area contributed by atoms with Crippen molar-refractivity contribution in [1.29, 1.82) is 0 Å². The molecule has 1 aliphatic rings. The van der Waals surface area contributed by atoms with E-state index in [9.17, 15) is 9.59 Å². The number of carbonyl (C=O) groups excluding carboxylic acids is 2. The van der Waals surface area contributed by atoms with Crippen LogP contribution < -0.4 is 5.32 Å². The summed E-state index contributed by atoms with van der Waals surface area (Å²) in [6.45, 7) is 6.04. The lowest BCUT2D eigenvalue weighted by Gasteiger charge is -2.31. The van der Waals surface area contributed by atoms with E-state index in [1.165, 1.54) is 0 Å². The molecule has 0 unspecified atom stereocenters. The van der Waals surface area contributed by atoms with Gasteiger partial charge in [-0.2, -0.15) is 0 Å². The van der Waals surface area contributed by atoms with E-state index in [1.807, 2.05) is 36.1 Å². The van der Waals surface area contributed by atoms with Gasteiger partial charge in [-0.05, 0) is 31.4 Å². The summed E-state index contributed by atoms with van der Waals surface area (Å²) in [5.74, 6) is 0.517. The molecule has 3 rings (SSSR count). The van der Waals surface area contributed by atoms with Crippen molar-refractivity contribution in [2.75, 3.05) is 18.4 Å². The number of anilines is 1. The number of fused-ring (bicyclic) bond motifs is 1. The Bertz CT molecular complexity index is 768. The number of likely N-dealkylation sites (tertiary alicyclic amines) is 1. The van der Waals surface area contributed by atoms with E-state index < -0.39 is 0 Å². The van der Waals surface area contributed by atoms with Gasteiger partial charge in [-0.15, -0.1) is 0 Å². The van der Waals surface area contributed by atoms with Crippen LogP contribution in [0.5, 0.6) is 0 Å². The van der Waals surface area contributed by atoms with E-state index in [-0.39, 0.29) is 17.7 Å². The molecule has 1 saturated heterocycles. The van der Waals surface area contributed by atoms with Crippen LogP contribution in [0.1, 0.15) is 39.5 Å². The van der Waals surface area contributed by atoms with Gasteiger partial charge in [0.05, 0.1) is 17.0 Å². The summed E-state index contributed by atoms with van der Waals surface area (Å²) in [6, 6.07) is 7.92. The number of para-hydroxylation sites is 2. The Hall–Kier alpha value is -2.37. The summed E-state index contributed by atoms with van der Waals surface area (Å²) in [5, 5.41) is 3.01. The third kappa shape index (κ3) is 3.67. The molecule has 1 aliphatic heterocycles. The van der Waals surface area contributed by atoms with Crippen LogP contribution in [-0.2, 0) is 16.1 Å². The number of nitrogens with zero attached hydrogens (tertiary/aromatic N) is 3. The van der Waals surface area contributed by atoms with Crippen molar-refractivity contribution in [3.05, 3.63) is 24.3 Å². The molecule has 1 aromatic heterocycles. The van der Waals surface area contributed by atoms with Crippen molar-refractivity contribution in [2.45, 2.75) is 46.1 Å². The fourth-order valence-corrected chi connectivity index (χ4v) is 3.47. The van der Waals surface area contributed by atoms with Crippen LogP contribution in [0.3, 0.4) is 0 Å². The molecule has 134 valence electrons. The van der Waals surface area contributed by atoms with Crippen LogP contribution in [0.15, 0.2) is 24.3 Å². The zero-order valence-corrected chi connectivity index (χ0v) is 15.0. The fraction of sp³-hybridized carbons (Fsp3) is 0.526. The van der Waals surface area contributed by atoms with Crippen molar-refractivity contribution in [3.8, 4) is 0 Å². The average molecular weight is 342 g/mol. The number of rotatable bonds is 5. The molecule has 1 fully saturated rings. The zero-order chi connectivity index (χ0) is 17.8. The lowest BCUT2D eigenvalue weighted by molar-refractivity contribution is -0.134. The molecule has 0 radical (unpaired) electrons. The number of aromatic nitrogens is 2. The Labute approximate surface area is 148 Å². The van der Waals surface area contributed by atoms with E-state index in [4.69, 9.17) is 0 Å². The highest BCUT2D eigenvalue weighted by Gasteiger charge is 2.28. The number of hydrogen-bond donors (Lipinski definition) is 1. The maximum Gasteiger partial charge on any atom is 0.231 e. The van der Waals surface area contributed by atoms with E-state index in [0.29, 0.717) is 18.9 Å². The predicted molar refractivity (Wildman–Crippen MR) is 98.2 cm³/mol. The van der Waals surface area contributed by atoms with Crippen molar-refractivity contribution in [3.63, 3.8) is 0 Å². The number of carbonyl (C=O) groups is 2. The van der Waals surface area contributed by atoms with Crippen molar-refractivity contribution in [2.24, 2.45) is 5.92 Å². The van der Waals surface area contributed by atoms with E-state index in [1.54, 1.807) is 0 Å². The molecule has 6 nitrogen and oxygen atoms in total. The second-order valence-corrected chi connectivity index (χ2v) is 6.60. The number of hydrogen-bond acceptors (Lipinski definition) is 3. The van der Waals surface area contributed by atoms with Crippen LogP contribution in [-0.4, -0.2) is 39.4 Å².